The van der Waals surface area contributed by atoms with Crippen LogP contribution in [0.2, 0.25) is 0 Å². The van der Waals surface area contributed by atoms with Crippen LogP contribution in [0.1, 0.15) is 15.9 Å². The SMILES string of the molecule is COCCNC(=O)c1cnn2ccc(NCc3cccnc3)nc12. The van der Waals surface area contributed by atoms with Gasteiger partial charge in [0.1, 0.15) is 11.4 Å². The monoisotopic (exact) mass is 326 g/mol. The molecule has 0 spiro atoms. The van der Waals surface area contributed by atoms with Gasteiger partial charge in [-0.05, 0) is 17.7 Å². The molecule has 0 aliphatic rings. The number of carbonyl (C=O) groups is 1. The minimum absolute atomic E-state index is 0.223. The zero-order valence-corrected chi connectivity index (χ0v) is 13.3. The van der Waals surface area contributed by atoms with Crippen LogP contribution in [-0.2, 0) is 11.3 Å². The van der Waals surface area contributed by atoms with Crippen LogP contribution in [0.25, 0.3) is 5.65 Å². The number of nitrogens with zero attached hydrogens (tertiary/aromatic N) is 4. The molecule has 124 valence electrons. The van der Waals surface area contributed by atoms with E-state index in [1.165, 1.54) is 6.20 Å². The van der Waals surface area contributed by atoms with Crippen molar-refractivity contribution in [1.29, 1.82) is 0 Å². The summed E-state index contributed by atoms with van der Waals surface area (Å²) in [5, 5.41) is 10.1. The van der Waals surface area contributed by atoms with Gasteiger partial charge in [-0.25, -0.2) is 9.50 Å². The van der Waals surface area contributed by atoms with Gasteiger partial charge < -0.3 is 15.4 Å². The maximum Gasteiger partial charge on any atom is 0.256 e. The molecule has 2 N–H and O–H groups in total. The van der Waals surface area contributed by atoms with Crippen LogP contribution >= 0.6 is 0 Å². The standard InChI is InChI=1S/C16H18N6O2/c1-24-8-6-18-16(23)13-11-20-22-7-4-14(21-15(13)22)19-10-12-3-2-5-17-9-12/h2-5,7,9,11H,6,8,10H2,1H3,(H,18,23)(H,19,21). The highest BCUT2D eigenvalue weighted by atomic mass is 16.5. The smallest absolute Gasteiger partial charge is 0.256 e. The minimum Gasteiger partial charge on any atom is -0.383 e. The van der Waals surface area contributed by atoms with Crippen molar-refractivity contribution < 1.29 is 9.53 Å². The Labute approximate surface area is 138 Å². The van der Waals surface area contributed by atoms with Crippen molar-refractivity contribution in [2.75, 3.05) is 25.6 Å². The van der Waals surface area contributed by atoms with E-state index in [-0.39, 0.29) is 5.91 Å². The molecule has 0 fully saturated rings. The zero-order chi connectivity index (χ0) is 16.8. The second-order valence-corrected chi connectivity index (χ2v) is 5.10. The van der Waals surface area contributed by atoms with Gasteiger partial charge in [0.25, 0.3) is 5.91 Å². The number of anilines is 1. The Kier molecular flexibility index (Phi) is 4.97. The Morgan fingerprint density at radius 2 is 2.25 bits per heavy atom. The number of carbonyl (C=O) groups excluding carboxylic acids is 1. The van der Waals surface area contributed by atoms with Gasteiger partial charge in [0.05, 0.1) is 12.8 Å². The first-order chi connectivity index (χ1) is 11.8. The third-order valence-corrected chi connectivity index (χ3v) is 3.40. The van der Waals surface area contributed by atoms with Gasteiger partial charge in [0.15, 0.2) is 5.65 Å². The third kappa shape index (κ3) is 3.66. The Hall–Kier alpha value is -3.00. The summed E-state index contributed by atoms with van der Waals surface area (Å²) >= 11 is 0. The molecule has 0 saturated heterocycles. The molecule has 0 unspecified atom stereocenters. The Morgan fingerprint density at radius 1 is 1.33 bits per heavy atom. The van der Waals surface area contributed by atoms with Crippen LogP contribution in [-0.4, -0.2) is 45.8 Å². The van der Waals surface area contributed by atoms with Crippen LogP contribution in [0.3, 0.4) is 0 Å². The molecule has 0 radical (unpaired) electrons. The molecule has 1 amide bonds. The van der Waals surface area contributed by atoms with Crippen molar-refractivity contribution in [2.45, 2.75) is 6.54 Å². The van der Waals surface area contributed by atoms with E-state index >= 15 is 0 Å². The highest BCUT2D eigenvalue weighted by molar-refractivity contribution is 5.99. The average molecular weight is 326 g/mol. The van der Waals surface area contributed by atoms with Crippen LogP contribution in [0.5, 0.6) is 0 Å². The molecule has 3 rings (SSSR count). The number of ether oxygens (including phenoxy) is 1. The van der Waals surface area contributed by atoms with Crippen LogP contribution < -0.4 is 10.6 Å². The Balaban J connectivity index is 1.74. The number of fused-ring (bicyclic) bond motifs is 1. The second-order valence-electron chi connectivity index (χ2n) is 5.10. The lowest BCUT2D eigenvalue weighted by molar-refractivity contribution is 0.0938. The van der Waals surface area contributed by atoms with Gasteiger partial charge in [-0.15, -0.1) is 0 Å². The lowest BCUT2D eigenvalue weighted by atomic mass is 10.3. The summed E-state index contributed by atoms with van der Waals surface area (Å²) in [4.78, 5) is 20.7. The third-order valence-electron chi connectivity index (χ3n) is 3.40. The summed E-state index contributed by atoms with van der Waals surface area (Å²) in [5.41, 5.74) is 1.97. The molecular weight excluding hydrogens is 308 g/mol. The molecule has 0 bridgehead atoms. The first kappa shape index (κ1) is 15.9. The van der Waals surface area contributed by atoms with E-state index in [4.69, 9.17) is 4.74 Å². The highest BCUT2D eigenvalue weighted by Gasteiger charge is 2.14. The molecule has 8 nitrogen and oxygen atoms in total. The fourth-order valence-electron chi connectivity index (χ4n) is 2.18. The zero-order valence-electron chi connectivity index (χ0n) is 13.3. The average Bonchev–Trinajstić information content (AvgIpc) is 3.04. The molecule has 0 aliphatic heterocycles. The summed E-state index contributed by atoms with van der Waals surface area (Å²) in [6, 6.07) is 5.67. The van der Waals surface area contributed by atoms with Gasteiger partial charge in [0, 0.05) is 38.8 Å². The highest BCUT2D eigenvalue weighted by Crippen LogP contribution is 2.12. The molecule has 0 aromatic carbocycles. The number of rotatable bonds is 7. The number of aromatic nitrogens is 4. The lowest BCUT2D eigenvalue weighted by Gasteiger charge is -2.06. The molecule has 3 aromatic heterocycles. The molecule has 0 aliphatic carbocycles. The fraction of sp³-hybridized carbons (Fsp3) is 0.250. The molecule has 0 atom stereocenters. The van der Waals surface area contributed by atoms with Gasteiger partial charge in [-0.1, -0.05) is 6.07 Å². The predicted octanol–water partition coefficient (Wildman–Crippen LogP) is 1.11. The van der Waals surface area contributed by atoms with Crippen molar-refractivity contribution in [3.05, 3.63) is 54.1 Å². The molecule has 24 heavy (non-hydrogen) atoms. The largest absolute Gasteiger partial charge is 0.383 e. The number of amides is 1. The predicted molar refractivity (Wildman–Crippen MR) is 88.8 cm³/mol. The van der Waals surface area contributed by atoms with Crippen molar-refractivity contribution in [3.8, 4) is 0 Å². The number of hydrogen-bond donors (Lipinski definition) is 2. The fourth-order valence-corrected chi connectivity index (χ4v) is 2.18. The summed E-state index contributed by atoms with van der Waals surface area (Å²) in [7, 11) is 1.59. The summed E-state index contributed by atoms with van der Waals surface area (Å²) < 4.78 is 6.49. The van der Waals surface area contributed by atoms with E-state index in [0.29, 0.717) is 36.7 Å². The van der Waals surface area contributed by atoms with Crippen molar-refractivity contribution >= 4 is 17.4 Å². The van der Waals surface area contributed by atoms with Crippen LogP contribution in [0, 0.1) is 0 Å². The quantitative estimate of drug-likeness (QED) is 0.632. The van der Waals surface area contributed by atoms with Crippen molar-refractivity contribution in [3.63, 3.8) is 0 Å². The van der Waals surface area contributed by atoms with Gasteiger partial charge in [0.2, 0.25) is 0 Å². The van der Waals surface area contributed by atoms with E-state index in [1.807, 2.05) is 18.2 Å². The normalized spacial score (nSPS) is 10.7. The van der Waals surface area contributed by atoms with E-state index in [0.717, 1.165) is 5.56 Å². The first-order valence-corrected chi connectivity index (χ1v) is 7.52. The van der Waals surface area contributed by atoms with E-state index < -0.39 is 0 Å². The van der Waals surface area contributed by atoms with Crippen LogP contribution in [0.4, 0.5) is 5.82 Å². The molecule has 0 saturated carbocycles. The van der Waals surface area contributed by atoms with Crippen molar-refractivity contribution in [2.24, 2.45) is 0 Å². The molecule has 3 heterocycles. The molecule has 8 heteroatoms. The summed E-state index contributed by atoms with van der Waals surface area (Å²) in [5.74, 6) is 0.441. The topological polar surface area (TPSA) is 93.4 Å². The van der Waals surface area contributed by atoms with Crippen LogP contribution in [0.15, 0.2) is 43.0 Å². The summed E-state index contributed by atoms with van der Waals surface area (Å²) in [6.07, 6.45) is 6.79. The number of hydrogen-bond acceptors (Lipinski definition) is 6. The molecular formula is C16H18N6O2. The maximum absolute atomic E-state index is 12.2. The van der Waals surface area contributed by atoms with Gasteiger partial charge in [-0.2, -0.15) is 5.10 Å². The number of pyridine rings is 1. The minimum atomic E-state index is -0.223. The van der Waals surface area contributed by atoms with Crippen molar-refractivity contribution in [1.82, 2.24) is 24.9 Å². The Bertz CT molecular complexity index is 818. The maximum atomic E-state index is 12.2. The second kappa shape index (κ2) is 7.51. The van der Waals surface area contributed by atoms with Gasteiger partial charge in [-0.3, -0.25) is 9.78 Å². The van der Waals surface area contributed by atoms with E-state index in [2.05, 4.69) is 25.7 Å². The first-order valence-electron chi connectivity index (χ1n) is 7.52. The lowest BCUT2D eigenvalue weighted by Crippen LogP contribution is -2.26. The molecule has 3 aromatic rings. The van der Waals surface area contributed by atoms with E-state index in [9.17, 15) is 4.79 Å². The summed E-state index contributed by atoms with van der Waals surface area (Å²) in [6.45, 7) is 1.49. The number of methoxy groups -OCH3 is 1. The number of nitrogens with one attached hydrogen (secondary N) is 2. The van der Waals surface area contributed by atoms with Gasteiger partial charge >= 0.3 is 0 Å². The van der Waals surface area contributed by atoms with E-state index in [1.54, 1.807) is 30.2 Å². The Morgan fingerprint density at radius 3 is 3.04 bits per heavy atom.